The molecular formula is C18H21N3O6. The van der Waals surface area contributed by atoms with Crippen LogP contribution >= 0.6 is 0 Å². The molecule has 4 N–H and O–H groups in total. The average Bonchev–Trinajstić information content (AvgIpc) is 2.65. The lowest BCUT2D eigenvalue weighted by Crippen LogP contribution is -2.79. The van der Waals surface area contributed by atoms with E-state index in [0.717, 1.165) is 16.0 Å². The molecule has 9 nitrogen and oxygen atoms in total. The lowest BCUT2D eigenvalue weighted by molar-refractivity contribution is -0.180. The summed E-state index contributed by atoms with van der Waals surface area (Å²) in [6.07, 6.45) is -0.716. The Balaban J connectivity index is 1.71. The van der Waals surface area contributed by atoms with Gasteiger partial charge in [-0.05, 0) is 11.1 Å². The maximum Gasteiger partial charge on any atom is 0.334 e. The number of ketones is 1. The van der Waals surface area contributed by atoms with Crippen molar-refractivity contribution in [2.45, 2.75) is 43.6 Å². The van der Waals surface area contributed by atoms with Crippen LogP contribution in [0.1, 0.15) is 17.5 Å². The molecule has 9 heteroatoms. The van der Waals surface area contributed by atoms with Crippen LogP contribution in [-0.2, 0) is 36.9 Å². The van der Waals surface area contributed by atoms with Gasteiger partial charge in [-0.15, -0.1) is 0 Å². The second kappa shape index (κ2) is 7.45. The highest BCUT2D eigenvalue weighted by Gasteiger charge is 2.59. The van der Waals surface area contributed by atoms with E-state index in [4.69, 9.17) is 10.5 Å². The van der Waals surface area contributed by atoms with Gasteiger partial charge in [0.2, 0.25) is 11.8 Å². The highest BCUT2D eigenvalue weighted by atomic mass is 16.5. The number of hydrogen-bond donors (Lipinski definition) is 3. The molecule has 144 valence electrons. The van der Waals surface area contributed by atoms with Crippen molar-refractivity contribution in [3.63, 3.8) is 0 Å². The van der Waals surface area contributed by atoms with Crippen molar-refractivity contribution in [1.29, 1.82) is 0 Å². The summed E-state index contributed by atoms with van der Waals surface area (Å²) in [5.41, 5.74) is 7.27. The van der Waals surface area contributed by atoms with Crippen LogP contribution in [0, 0.1) is 0 Å². The molecule has 2 heterocycles. The molecule has 0 radical (unpaired) electrons. The number of Topliss-reactive ketones (excluding diaryl/α,β-unsaturated/α-hetero) is 1. The number of methoxy groups -OCH3 is 1. The van der Waals surface area contributed by atoms with Gasteiger partial charge in [-0.25, -0.2) is 4.79 Å². The topological polar surface area (TPSA) is 139 Å². The van der Waals surface area contributed by atoms with E-state index >= 15 is 0 Å². The molecule has 0 aliphatic carbocycles. The minimum absolute atomic E-state index is 0.0544. The normalized spacial score (nSPS) is 27.0. The minimum atomic E-state index is -1.58. The molecule has 4 atom stereocenters. The third-order valence-electron chi connectivity index (χ3n) is 5.11. The van der Waals surface area contributed by atoms with Crippen molar-refractivity contribution in [3.8, 4) is 0 Å². The van der Waals surface area contributed by atoms with Crippen LogP contribution < -0.4 is 11.1 Å². The van der Waals surface area contributed by atoms with Gasteiger partial charge in [-0.1, -0.05) is 24.3 Å². The van der Waals surface area contributed by atoms with E-state index in [1.54, 1.807) is 12.1 Å². The first-order chi connectivity index (χ1) is 12.9. The molecule has 1 aromatic carbocycles. The van der Waals surface area contributed by atoms with Crippen LogP contribution in [0.15, 0.2) is 24.3 Å². The van der Waals surface area contributed by atoms with Gasteiger partial charge < -0.3 is 25.8 Å². The Morgan fingerprint density at radius 2 is 1.96 bits per heavy atom. The molecule has 0 aromatic heterocycles. The first kappa shape index (κ1) is 19.0. The van der Waals surface area contributed by atoms with Gasteiger partial charge in [-0.2, -0.15) is 0 Å². The molecular weight excluding hydrogens is 354 g/mol. The lowest BCUT2D eigenvalue weighted by atomic mass is 9.80. The van der Waals surface area contributed by atoms with Crippen LogP contribution in [0.2, 0.25) is 0 Å². The first-order valence-corrected chi connectivity index (χ1v) is 8.56. The number of ether oxygens (including phenoxy) is 1. The molecule has 0 bridgehead atoms. The Hall–Kier alpha value is -2.78. The largest absolute Gasteiger partial charge is 0.479 e. The second-order valence-electron chi connectivity index (χ2n) is 6.61. The standard InChI is InChI=1S/C18H21N3O6/c1-27-12-7-11-14(17(24)21(11)15(16(12)23)18(25)26)20-13(22)6-9-4-2-3-5-10(9)8-19/h2-5,11-12,14-15H,6-8,19H2,1H3,(H,20,22)(H,25,26)/t11-,12+,14-,15+/m0/s1. The number of nitrogens with one attached hydrogen (secondary N) is 1. The Labute approximate surface area is 155 Å². The van der Waals surface area contributed by atoms with Gasteiger partial charge in [0.15, 0.2) is 11.8 Å². The van der Waals surface area contributed by atoms with Gasteiger partial charge in [0.25, 0.3) is 0 Å². The molecule has 0 spiro atoms. The van der Waals surface area contributed by atoms with Gasteiger partial charge >= 0.3 is 5.97 Å². The summed E-state index contributed by atoms with van der Waals surface area (Å²) in [6.45, 7) is 0.292. The number of fused-ring (bicyclic) bond motifs is 1. The van der Waals surface area contributed by atoms with E-state index in [-0.39, 0.29) is 18.7 Å². The van der Waals surface area contributed by atoms with Gasteiger partial charge in [0.1, 0.15) is 12.1 Å². The summed E-state index contributed by atoms with van der Waals surface area (Å²) in [5.74, 6) is -3.00. The third-order valence-corrected chi connectivity index (χ3v) is 5.11. The number of β-lactam (4-membered cyclic amide) rings is 1. The summed E-state index contributed by atoms with van der Waals surface area (Å²) < 4.78 is 5.07. The quantitative estimate of drug-likeness (QED) is 0.420. The lowest BCUT2D eigenvalue weighted by Gasteiger charge is -2.53. The number of carboxylic acids is 1. The number of benzene rings is 1. The Kier molecular flexibility index (Phi) is 5.24. The van der Waals surface area contributed by atoms with Gasteiger partial charge in [0, 0.05) is 20.1 Å². The number of carbonyl (C=O) groups is 4. The smallest absolute Gasteiger partial charge is 0.334 e. The zero-order valence-electron chi connectivity index (χ0n) is 14.8. The van der Waals surface area contributed by atoms with E-state index < -0.39 is 41.9 Å². The molecule has 0 unspecified atom stereocenters. The van der Waals surface area contributed by atoms with E-state index in [1.165, 1.54) is 7.11 Å². The highest BCUT2D eigenvalue weighted by molar-refractivity contribution is 6.11. The SMILES string of the molecule is CO[C@@H]1C[C@H]2[C@H](NC(=O)Cc3ccccc3CN)C(=O)N2[C@@H](C(=O)O)C1=O. The number of nitrogens with two attached hydrogens (primary N) is 1. The van der Waals surface area contributed by atoms with Crippen LogP contribution in [-0.4, -0.2) is 64.9 Å². The van der Waals surface area contributed by atoms with Crippen LogP contribution in [0.25, 0.3) is 0 Å². The number of amides is 2. The van der Waals surface area contributed by atoms with Crippen molar-refractivity contribution in [1.82, 2.24) is 10.2 Å². The molecule has 2 saturated heterocycles. The predicted molar refractivity (Wildman–Crippen MR) is 92.4 cm³/mol. The minimum Gasteiger partial charge on any atom is -0.479 e. The number of nitrogens with zero attached hydrogens (tertiary/aromatic N) is 1. The van der Waals surface area contributed by atoms with Crippen molar-refractivity contribution in [2.75, 3.05) is 7.11 Å². The average molecular weight is 375 g/mol. The monoisotopic (exact) mass is 375 g/mol. The summed E-state index contributed by atoms with van der Waals surface area (Å²) >= 11 is 0. The molecule has 27 heavy (non-hydrogen) atoms. The van der Waals surface area contributed by atoms with Gasteiger partial charge in [-0.3, -0.25) is 14.4 Å². The fraction of sp³-hybridized carbons (Fsp3) is 0.444. The number of carboxylic acid groups (broad SMARTS) is 1. The van der Waals surface area contributed by atoms with Gasteiger partial charge in [0.05, 0.1) is 12.5 Å². The Bertz CT molecular complexity index is 795. The molecule has 3 rings (SSSR count). The number of hydrogen-bond acceptors (Lipinski definition) is 6. The second-order valence-corrected chi connectivity index (χ2v) is 6.61. The van der Waals surface area contributed by atoms with Crippen LogP contribution in [0.5, 0.6) is 0 Å². The molecule has 0 saturated carbocycles. The zero-order valence-corrected chi connectivity index (χ0v) is 14.8. The van der Waals surface area contributed by atoms with Crippen molar-refractivity contribution < 1.29 is 29.0 Å². The summed E-state index contributed by atoms with van der Waals surface area (Å²) in [5, 5.41) is 12.0. The van der Waals surface area contributed by atoms with E-state index in [0.29, 0.717) is 6.54 Å². The molecule has 2 aliphatic heterocycles. The van der Waals surface area contributed by atoms with Crippen molar-refractivity contribution in [2.24, 2.45) is 5.73 Å². The third kappa shape index (κ3) is 3.31. The summed E-state index contributed by atoms with van der Waals surface area (Å²) in [6, 6.07) is 4.21. The molecule has 2 aliphatic rings. The fourth-order valence-corrected chi connectivity index (χ4v) is 3.72. The maximum absolute atomic E-state index is 12.4. The van der Waals surface area contributed by atoms with E-state index in [2.05, 4.69) is 5.32 Å². The Morgan fingerprint density at radius 3 is 2.56 bits per heavy atom. The zero-order chi connectivity index (χ0) is 19.7. The molecule has 1 aromatic rings. The highest BCUT2D eigenvalue weighted by Crippen LogP contribution is 2.33. The summed E-state index contributed by atoms with van der Waals surface area (Å²) in [7, 11) is 1.31. The summed E-state index contributed by atoms with van der Waals surface area (Å²) in [4.78, 5) is 49.4. The Morgan fingerprint density at radius 1 is 1.30 bits per heavy atom. The van der Waals surface area contributed by atoms with Crippen molar-refractivity contribution in [3.05, 3.63) is 35.4 Å². The number of piperidine rings is 1. The number of carbonyl (C=O) groups excluding carboxylic acids is 3. The predicted octanol–water partition coefficient (Wildman–Crippen LogP) is -1.18. The fourth-order valence-electron chi connectivity index (χ4n) is 3.72. The van der Waals surface area contributed by atoms with Crippen LogP contribution in [0.3, 0.4) is 0 Å². The van der Waals surface area contributed by atoms with E-state index in [9.17, 15) is 24.3 Å². The molecule has 2 amide bonds. The van der Waals surface area contributed by atoms with Crippen LogP contribution in [0.4, 0.5) is 0 Å². The maximum atomic E-state index is 12.4. The number of rotatable bonds is 6. The molecule has 2 fully saturated rings. The number of aliphatic carboxylic acids is 1. The van der Waals surface area contributed by atoms with Crippen molar-refractivity contribution >= 4 is 23.6 Å². The van der Waals surface area contributed by atoms with E-state index in [1.807, 2.05) is 12.1 Å². The first-order valence-electron chi connectivity index (χ1n) is 8.56.